The Morgan fingerprint density at radius 2 is 1.33 bits per heavy atom. The van der Waals surface area contributed by atoms with Gasteiger partial charge >= 0.3 is 32.8 Å². The maximum atomic E-state index is 8.63. The van der Waals surface area contributed by atoms with Crippen molar-refractivity contribution in [1.82, 2.24) is 18.7 Å². The maximum Gasteiger partial charge on any atom is 2.00 e. The zero-order chi connectivity index (χ0) is 53.0. The Labute approximate surface area is 421 Å². The molecule has 1 aliphatic heterocycles. The molecule has 5 nitrogen and oxygen atoms in total. The Morgan fingerprint density at radius 3 is 2.06 bits per heavy atom. The number of benzene rings is 7. The molecule has 0 N–H and O–H groups in total. The molecular formula is C61H56N4OPt+2. The summed E-state index contributed by atoms with van der Waals surface area (Å²) >= 11 is 0. The Hall–Kier alpha value is -6.64. The maximum absolute atomic E-state index is 8.63. The summed E-state index contributed by atoms with van der Waals surface area (Å²) < 4.78 is 80.3. The van der Waals surface area contributed by atoms with E-state index >= 15 is 0 Å². The Balaban J connectivity index is 0.00000689. The predicted octanol–water partition coefficient (Wildman–Crippen LogP) is 16.0. The van der Waals surface area contributed by atoms with Gasteiger partial charge in [0.1, 0.15) is 11.5 Å². The van der Waals surface area contributed by atoms with Gasteiger partial charge in [0.2, 0.25) is 5.69 Å². The molecule has 2 aromatic heterocycles. The minimum absolute atomic E-state index is 0. The van der Waals surface area contributed by atoms with Crippen molar-refractivity contribution >= 4 is 50.6 Å². The number of pyridine rings is 1. The Kier molecular flexibility index (Phi) is 9.37. The minimum Gasteiger partial charge on any atom is -0.509 e. The topological polar surface area (TPSA) is 33.1 Å². The van der Waals surface area contributed by atoms with Gasteiger partial charge in [0.05, 0.1) is 12.4 Å². The van der Waals surface area contributed by atoms with Crippen LogP contribution in [0.5, 0.6) is 11.5 Å². The summed E-state index contributed by atoms with van der Waals surface area (Å²) in [7, 11) is 0. The number of rotatable bonds is 7. The second kappa shape index (κ2) is 17.2. The quantitative estimate of drug-likeness (QED) is 0.118. The van der Waals surface area contributed by atoms with Gasteiger partial charge in [0.15, 0.2) is 0 Å². The number of nitrogens with zero attached hydrogens (tertiary/aromatic N) is 4. The van der Waals surface area contributed by atoms with E-state index in [4.69, 9.17) is 20.7 Å². The normalized spacial score (nSPS) is 14.6. The first kappa shape index (κ1) is 36.5. The fraction of sp³-hybridized carbons (Fsp3) is 0.213. The van der Waals surface area contributed by atoms with E-state index < -0.39 is 37.1 Å². The van der Waals surface area contributed by atoms with Crippen molar-refractivity contribution in [2.24, 2.45) is 0 Å². The molecule has 0 amide bonds. The minimum atomic E-state index is -2.75. The number of para-hydroxylation sites is 2. The van der Waals surface area contributed by atoms with Gasteiger partial charge in [-0.15, -0.1) is 23.6 Å². The first-order valence-electron chi connectivity index (χ1n) is 26.3. The molecule has 3 heterocycles. The van der Waals surface area contributed by atoms with E-state index in [1.807, 2.05) is 59.2 Å². The number of ether oxygens (including phenoxy) is 1. The molecule has 0 atom stereocenters. The van der Waals surface area contributed by atoms with Crippen LogP contribution in [0.3, 0.4) is 0 Å². The van der Waals surface area contributed by atoms with Crippen LogP contribution in [0.15, 0.2) is 158 Å². The largest absolute Gasteiger partial charge is 2.00 e. The van der Waals surface area contributed by atoms with Gasteiger partial charge in [-0.05, 0) is 84.6 Å². The third-order valence-corrected chi connectivity index (χ3v) is 12.3. The van der Waals surface area contributed by atoms with Gasteiger partial charge in [-0.1, -0.05) is 169 Å². The molecule has 6 heteroatoms. The van der Waals surface area contributed by atoms with Crippen LogP contribution in [0.25, 0.3) is 49.9 Å². The van der Waals surface area contributed by atoms with E-state index in [9.17, 15) is 0 Å². The molecular weight excluding hydrogens is 1000 g/mol. The molecule has 0 bridgehead atoms. The van der Waals surface area contributed by atoms with Crippen LogP contribution in [-0.2, 0) is 37.3 Å². The van der Waals surface area contributed by atoms with Crippen molar-refractivity contribution in [1.29, 1.82) is 0 Å². The van der Waals surface area contributed by atoms with Crippen molar-refractivity contribution in [3.63, 3.8) is 0 Å². The second-order valence-electron chi connectivity index (χ2n) is 20.1. The van der Waals surface area contributed by atoms with Crippen LogP contribution in [0, 0.1) is 19.0 Å². The molecule has 0 saturated heterocycles. The number of hydrogen-bond acceptors (Lipinski definition) is 2. The molecule has 1 aliphatic rings. The second-order valence-corrected chi connectivity index (χ2v) is 20.1. The van der Waals surface area contributed by atoms with E-state index in [2.05, 4.69) is 146 Å². The molecule has 0 saturated carbocycles. The number of hydrogen-bond donors (Lipinski definition) is 0. The van der Waals surface area contributed by atoms with Crippen LogP contribution in [0.2, 0.25) is 0 Å². The molecule has 7 aromatic carbocycles. The van der Waals surface area contributed by atoms with Crippen molar-refractivity contribution in [2.75, 3.05) is 0 Å². The molecule has 0 unspecified atom stereocenters. The van der Waals surface area contributed by atoms with E-state index in [-0.39, 0.29) is 59.8 Å². The van der Waals surface area contributed by atoms with E-state index in [1.54, 1.807) is 4.57 Å². The van der Waals surface area contributed by atoms with Crippen molar-refractivity contribution in [2.45, 2.75) is 85.4 Å². The Bertz CT molecular complexity index is 3810. The van der Waals surface area contributed by atoms with Crippen molar-refractivity contribution in [3.8, 4) is 39.6 Å². The van der Waals surface area contributed by atoms with Gasteiger partial charge < -0.3 is 9.30 Å². The average molecular weight is 1060 g/mol. The fourth-order valence-electron chi connectivity index (χ4n) is 8.58. The van der Waals surface area contributed by atoms with Gasteiger partial charge in [-0.25, -0.2) is 4.98 Å². The number of aromatic nitrogens is 2. The Morgan fingerprint density at radius 1 is 0.627 bits per heavy atom. The predicted molar refractivity (Wildman–Crippen MR) is 275 cm³/mol. The summed E-state index contributed by atoms with van der Waals surface area (Å²) in [6, 6.07) is 48.7. The van der Waals surface area contributed by atoms with Crippen molar-refractivity contribution < 1.29 is 36.8 Å². The smallest absolute Gasteiger partial charge is 0.509 e. The van der Waals surface area contributed by atoms with Crippen molar-refractivity contribution in [3.05, 3.63) is 192 Å². The zero-order valence-corrected chi connectivity index (χ0v) is 41.4. The standard InChI is InChI=1S/C61H56N4O.Pt/c1-40-31-57(62-38-53(40)41-19-12-11-13-20-41)65-54-27-15-14-25-51(54)52-30-29-49(37-56(52)65)66-48-24-17-23-46(36-48)63-39-64(47-34-44(60(5,6)7)33-45(35-47)61(8,9)10)58-50(26-18-28-55(58)63)42-21-16-22-43(32-42)59(2,3)4;/h11-35,38H,1-10H3;/q;+2/i1D3,11D,12D,13D,19D,20D;. The summed E-state index contributed by atoms with van der Waals surface area (Å²) in [5, 5.41) is 1.67. The third kappa shape index (κ3) is 8.64. The van der Waals surface area contributed by atoms with Crippen LogP contribution >= 0.6 is 0 Å². The third-order valence-electron chi connectivity index (χ3n) is 12.3. The van der Waals surface area contributed by atoms with Crippen LogP contribution < -0.4 is 13.9 Å². The van der Waals surface area contributed by atoms with Crippen LogP contribution in [-0.4, -0.2) is 15.6 Å². The van der Waals surface area contributed by atoms with E-state index in [0.717, 1.165) is 44.5 Å². The van der Waals surface area contributed by atoms with Gasteiger partial charge in [-0.3, -0.25) is 0 Å². The average Bonchev–Trinajstić information content (AvgIpc) is 3.91. The van der Waals surface area contributed by atoms with Crippen LogP contribution in [0.4, 0.5) is 22.7 Å². The summed E-state index contributed by atoms with van der Waals surface area (Å²) in [6.45, 7) is 17.4. The molecule has 9 aromatic rings. The first-order chi connectivity index (χ1) is 34.8. The van der Waals surface area contributed by atoms with Gasteiger partial charge in [0, 0.05) is 51.1 Å². The summed E-state index contributed by atoms with van der Waals surface area (Å²) in [5.74, 6) is 1.02. The molecule has 67 heavy (non-hydrogen) atoms. The summed E-state index contributed by atoms with van der Waals surface area (Å²) in [5.41, 5.74) is 9.93. The molecule has 0 spiro atoms. The molecule has 0 fully saturated rings. The fourth-order valence-corrected chi connectivity index (χ4v) is 8.58. The number of fused-ring (bicyclic) bond motifs is 4. The summed E-state index contributed by atoms with van der Waals surface area (Å²) in [6.07, 6.45) is 1.27. The number of aryl methyl sites for hydroxylation is 1. The summed E-state index contributed by atoms with van der Waals surface area (Å²) in [4.78, 5) is 4.72. The monoisotopic (exact) mass is 1060 g/mol. The van der Waals surface area contributed by atoms with E-state index in [0.29, 0.717) is 22.7 Å². The SMILES string of the molecule is [2H]c1c([2H])c([2H])c(-c2cnc(-n3c4[c-]c(Oc5[c-]c([N+]6=C=[N+](c7cc(C(C)(C)C)cc(C(C)(C)C)c7)c7c(-c8cccc(C(C)(C)C)c8)cccc76)ccc5)ccc4c4ccccc43)cc2C([2H])([2H])[2H])c([2H])c1[2H].[Pt+2]. The molecule has 10 rings (SSSR count). The van der Waals surface area contributed by atoms with Gasteiger partial charge in [0.25, 0.3) is 5.69 Å². The van der Waals surface area contributed by atoms with Crippen LogP contribution in [0.1, 0.15) is 95.5 Å². The molecule has 0 radical (unpaired) electrons. The van der Waals surface area contributed by atoms with E-state index in [1.165, 1.54) is 29.0 Å². The zero-order valence-electron chi connectivity index (χ0n) is 47.1. The molecule has 334 valence electrons. The first-order valence-corrected chi connectivity index (χ1v) is 22.3. The van der Waals surface area contributed by atoms with Gasteiger partial charge in [-0.2, -0.15) is 12.1 Å². The molecule has 0 aliphatic carbocycles.